The van der Waals surface area contributed by atoms with Gasteiger partial charge in [-0.1, -0.05) is 31.2 Å². The Kier molecular flexibility index (Phi) is 3.12. The Bertz CT molecular complexity index is 218. The maximum atomic E-state index is 10.3. The Labute approximate surface area is 67.7 Å². The number of hydrogen-bond donors (Lipinski definition) is 0. The van der Waals surface area contributed by atoms with Crippen molar-refractivity contribution in [1.82, 2.24) is 0 Å². The summed E-state index contributed by atoms with van der Waals surface area (Å²) in [4.78, 5) is 0. The molecule has 0 saturated heterocycles. The van der Waals surface area contributed by atoms with Crippen molar-refractivity contribution in [3.05, 3.63) is 35.4 Å². The fourth-order valence-corrected chi connectivity index (χ4v) is 1.12. The van der Waals surface area contributed by atoms with Crippen LogP contribution in [0, 0.1) is 0 Å². The van der Waals surface area contributed by atoms with Gasteiger partial charge in [-0.3, -0.25) is 0 Å². The van der Waals surface area contributed by atoms with Crippen LogP contribution in [0.2, 0.25) is 0 Å². The summed E-state index contributed by atoms with van der Waals surface area (Å²) in [6.45, 7) is 2.11. The minimum absolute atomic E-state index is 0.00678. The lowest BCUT2D eigenvalue weighted by Crippen LogP contribution is -1.90. The van der Waals surface area contributed by atoms with E-state index in [4.69, 9.17) is 0 Å². The molecule has 0 N–H and O–H groups in total. The number of aryl methyl sites for hydroxylation is 1. The number of benzene rings is 1. The van der Waals surface area contributed by atoms with E-state index in [0.717, 1.165) is 6.42 Å². The molecule has 1 rings (SSSR count). The number of hydrogen-bond acceptors (Lipinski definition) is 0. The third-order valence-corrected chi connectivity index (χ3v) is 1.79. The van der Waals surface area contributed by atoms with Crippen molar-refractivity contribution in [2.45, 2.75) is 19.8 Å². The molecule has 0 aliphatic heterocycles. The molecular formula is C10H13O. The fourth-order valence-electron chi connectivity index (χ4n) is 1.12. The largest absolute Gasteiger partial charge is 0.236 e. The minimum Gasteiger partial charge on any atom is -0.236 e. The SMILES string of the molecule is CCc1cccc(CC[O])c1. The Hall–Kier alpha value is -0.820. The maximum absolute atomic E-state index is 10.3. The van der Waals surface area contributed by atoms with Crippen LogP contribution in [0.15, 0.2) is 24.3 Å². The van der Waals surface area contributed by atoms with Crippen LogP contribution in [0.25, 0.3) is 0 Å². The summed E-state index contributed by atoms with van der Waals surface area (Å²) in [5.41, 5.74) is 2.48. The second-order valence-electron chi connectivity index (χ2n) is 2.63. The Balaban J connectivity index is 2.74. The first-order valence-electron chi connectivity index (χ1n) is 4.02. The first-order chi connectivity index (χ1) is 5.36. The van der Waals surface area contributed by atoms with E-state index < -0.39 is 0 Å². The summed E-state index contributed by atoms with van der Waals surface area (Å²) >= 11 is 0. The molecule has 0 bridgehead atoms. The molecular weight excluding hydrogens is 136 g/mol. The van der Waals surface area contributed by atoms with E-state index >= 15 is 0 Å². The second-order valence-corrected chi connectivity index (χ2v) is 2.63. The molecule has 0 aromatic heterocycles. The van der Waals surface area contributed by atoms with Crippen LogP contribution in [0.3, 0.4) is 0 Å². The minimum atomic E-state index is -0.00678. The topological polar surface area (TPSA) is 19.9 Å². The molecule has 0 saturated carbocycles. The van der Waals surface area contributed by atoms with Gasteiger partial charge in [-0.15, -0.1) is 0 Å². The zero-order valence-electron chi connectivity index (χ0n) is 6.84. The van der Waals surface area contributed by atoms with Crippen LogP contribution in [-0.2, 0) is 17.9 Å². The zero-order chi connectivity index (χ0) is 8.10. The fraction of sp³-hybridized carbons (Fsp3) is 0.400. The van der Waals surface area contributed by atoms with Gasteiger partial charge in [0.1, 0.15) is 0 Å². The highest BCUT2D eigenvalue weighted by atomic mass is 16.2. The molecule has 0 atom stereocenters. The molecule has 0 spiro atoms. The molecule has 1 nitrogen and oxygen atoms in total. The van der Waals surface area contributed by atoms with E-state index in [-0.39, 0.29) is 6.61 Å². The van der Waals surface area contributed by atoms with Gasteiger partial charge in [0, 0.05) is 0 Å². The Morgan fingerprint density at radius 3 is 2.64 bits per heavy atom. The average molecular weight is 149 g/mol. The molecule has 0 aliphatic carbocycles. The summed E-state index contributed by atoms with van der Waals surface area (Å²) < 4.78 is 0. The van der Waals surface area contributed by atoms with Gasteiger partial charge in [-0.2, -0.15) is 0 Å². The lowest BCUT2D eigenvalue weighted by atomic mass is 10.1. The third-order valence-electron chi connectivity index (χ3n) is 1.79. The lowest BCUT2D eigenvalue weighted by molar-refractivity contribution is 0.197. The van der Waals surface area contributed by atoms with Crippen molar-refractivity contribution in [3.8, 4) is 0 Å². The van der Waals surface area contributed by atoms with Gasteiger partial charge in [-0.05, 0) is 24.0 Å². The zero-order valence-corrected chi connectivity index (χ0v) is 6.84. The van der Waals surface area contributed by atoms with Gasteiger partial charge in [0.2, 0.25) is 0 Å². The molecule has 0 fully saturated rings. The van der Waals surface area contributed by atoms with E-state index in [9.17, 15) is 5.11 Å². The summed E-state index contributed by atoms with van der Waals surface area (Å²) in [7, 11) is 0. The summed E-state index contributed by atoms with van der Waals surface area (Å²) in [6.07, 6.45) is 1.71. The van der Waals surface area contributed by atoms with Gasteiger partial charge in [-0.25, -0.2) is 5.11 Å². The van der Waals surface area contributed by atoms with E-state index in [1.54, 1.807) is 0 Å². The molecule has 0 heterocycles. The summed E-state index contributed by atoms with van der Waals surface area (Å²) in [6, 6.07) is 8.23. The average Bonchev–Trinajstić information content (AvgIpc) is 2.06. The molecule has 11 heavy (non-hydrogen) atoms. The van der Waals surface area contributed by atoms with Crippen LogP contribution < -0.4 is 0 Å². The van der Waals surface area contributed by atoms with Gasteiger partial charge in [0.25, 0.3) is 0 Å². The monoisotopic (exact) mass is 149 g/mol. The van der Waals surface area contributed by atoms with Crippen molar-refractivity contribution in [1.29, 1.82) is 0 Å². The lowest BCUT2D eigenvalue weighted by Gasteiger charge is -1.99. The van der Waals surface area contributed by atoms with Gasteiger partial charge >= 0.3 is 0 Å². The Morgan fingerprint density at radius 1 is 1.27 bits per heavy atom. The van der Waals surface area contributed by atoms with Crippen molar-refractivity contribution < 1.29 is 5.11 Å². The van der Waals surface area contributed by atoms with Crippen LogP contribution in [0.1, 0.15) is 18.1 Å². The third kappa shape index (κ3) is 2.35. The maximum Gasteiger partial charge on any atom is 0.0862 e. The van der Waals surface area contributed by atoms with Crippen LogP contribution in [0.4, 0.5) is 0 Å². The quantitative estimate of drug-likeness (QED) is 0.628. The van der Waals surface area contributed by atoms with Crippen molar-refractivity contribution in [3.63, 3.8) is 0 Å². The highest BCUT2D eigenvalue weighted by Crippen LogP contribution is 2.05. The van der Waals surface area contributed by atoms with E-state index in [1.807, 2.05) is 12.1 Å². The van der Waals surface area contributed by atoms with Gasteiger partial charge in [0.05, 0.1) is 6.61 Å². The molecule has 1 aromatic carbocycles. The molecule has 0 aliphatic rings. The van der Waals surface area contributed by atoms with E-state index in [2.05, 4.69) is 19.1 Å². The highest BCUT2D eigenvalue weighted by Gasteiger charge is 1.92. The van der Waals surface area contributed by atoms with Crippen LogP contribution in [-0.4, -0.2) is 6.61 Å². The predicted octanol–water partition coefficient (Wildman–Crippen LogP) is 2.22. The van der Waals surface area contributed by atoms with Gasteiger partial charge < -0.3 is 0 Å². The molecule has 0 amide bonds. The second kappa shape index (κ2) is 4.14. The molecule has 1 radical (unpaired) electrons. The highest BCUT2D eigenvalue weighted by molar-refractivity contribution is 5.23. The first-order valence-corrected chi connectivity index (χ1v) is 4.02. The van der Waals surface area contributed by atoms with Crippen LogP contribution in [0.5, 0.6) is 0 Å². The van der Waals surface area contributed by atoms with Crippen molar-refractivity contribution in [2.24, 2.45) is 0 Å². The predicted molar refractivity (Wildman–Crippen MR) is 45.1 cm³/mol. The van der Waals surface area contributed by atoms with Crippen molar-refractivity contribution in [2.75, 3.05) is 6.61 Å². The Morgan fingerprint density at radius 2 is 2.00 bits per heavy atom. The van der Waals surface area contributed by atoms with Gasteiger partial charge in [0.15, 0.2) is 0 Å². The van der Waals surface area contributed by atoms with E-state index in [1.165, 1.54) is 11.1 Å². The molecule has 1 aromatic rings. The normalized spacial score (nSPS) is 10.0. The van der Waals surface area contributed by atoms with E-state index in [0.29, 0.717) is 6.42 Å². The standard InChI is InChI=1S/C10H13O/c1-2-9-4-3-5-10(8-9)6-7-11/h3-5,8H,2,6-7H2,1H3. The summed E-state index contributed by atoms with van der Waals surface area (Å²) in [5.74, 6) is 0. The number of rotatable bonds is 3. The first kappa shape index (κ1) is 8.28. The molecule has 0 unspecified atom stereocenters. The smallest absolute Gasteiger partial charge is 0.0862 e. The van der Waals surface area contributed by atoms with Crippen LogP contribution >= 0.6 is 0 Å². The molecule has 1 heteroatoms. The van der Waals surface area contributed by atoms with Crippen molar-refractivity contribution >= 4 is 0 Å². The summed E-state index contributed by atoms with van der Waals surface area (Å²) in [5, 5.41) is 10.3. The molecule has 59 valence electrons.